The van der Waals surface area contributed by atoms with Crippen molar-refractivity contribution in [1.29, 1.82) is 0 Å². The molecule has 6 rings (SSSR count). The second-order valence-corrected chi connectivity index (χ2v) is 13.4. The quantitative estimate of drug-likeness (QED) is 0.0346. The standard InChI is InChI=1S/C38H45N3O12.C2H5NO.CH4O/c1-20-26(52-29-19-49-14-13-40-29)11-12-30(51-20)53-28(15-23(43)17-42)32-25(16-41-50-18-21-7-9-22(39-2)10-8-21)36(45)33-34(38(32)47)37(46)31-24(35(33)44)5-4-6-27(31)48-3;3-1-2-4;1-2/h4-10,17,20,23,26,28-30,39-41,43,45,47H,11-16,18-19H2,1-3H3;2H,1,3H2;2H,1H3/t20-,23-,26-,28-,29?,30?;;/m0../s1. The lowest BCUT2D eigenvalue weighted by Gasteiger charge is -2.39. The molecule has 3 aromatic carbocycles. The van der Waals surface area contributed by atoms with Crippen LogP contribution < -0.4 is 26.6 Å². The highest BCUT2D eigenvalue weighted by Gasteiger charge is 2.42. The van der Waals surface area contributed by atoms with Crippen LogP contribution in [0.2, 0.25) is 0 Å². The number of hydrogen-bond donors (Lipinski definition) is 8. The van der Waals surface area contributed by atoms with E-state index in [9.17, 15) is 29.7 Å². The van der Waals surface area contributed by atoms with Crippen LogP contribution in [0.4, 0.5) is 5.69 Å². The molecule has 0 radical (unpaired) electrons. The molecule has 59 heavy (non-hydrogen) atoms. The van der Waals surface area contributed by atoms with Crippen molar-refractivity contribution in [3.8, 4) is 17.2 Å². The Morgan fingerprint density at radius 3 is 2.34 bits per heavy atom. The number of methoxy groups -OCH3 is 1. The molecule has 18 heteroatoms. The molecule has 0 amide bonds. The lowest BCUT2D eigenvalue weighted by molar-refractivity contribution is -0.255. The molecule has 0 aromatic heterocycles. The van der Waals surface area contributed by atoms with Gasteiger partial charge in [0.15, 0.2) is 12.1 Å². The highest BCUT2D eigenvalue weighted by Crippen LogP contribution is 2.48. The van der Waals surface area contributed by atoms with Gasteiger partial charge in [-0.25, -0.2) is 0 Å². The number of aldehydes is 2. The number of carbonyl (C=O) groups excluding carboxylic acids is 4. The number of hydroxylamine groups is 1. The SMILES string of the molecule is CNc1ccc(CONCc2c(O)c3c(c(O)c2[C@H](C[C@H](O)C=O)OC2CC[C@H](OC4COCCN4)[C@H](C)O2)C(=O)c2c(OC)cccc2C3=O)cc1.CO.NCC=O. The van der Waals surface area contributed by atoms with Crippen molar-refractivity contribution in [3.63, 3.8) is 0 Å². The molecule has 0 bridgehead atoms. The van der Waals surface area contributed by atoms with Crippen molar-refractivity contribution in [2.24, 2.45) is 5.73 Å². The number of nitrogens with one attached hydrogen (secondary N) is 3. The van der Waals surface area contributed by atoms with Crippen molar-refractivity contribution >= 4 is 29.8 Å². The van der Waals surface area contributed by atoms with Crippen LogP contribution in [0.5, 0.6) is 17.2 Å². The number of anilines is 1. The molecule has 2 fully saturated rings. The van der Waals surface area contributed by atoms with Gasteiger partial charge in [-0.15, -0.1) is 0 Å². The van der Waals surface area contributed by atoms with Gasteiger partial charge in [-0.2, -0.15) is 5.48 Å². The average Bonchev–Trinajstić information content (AvgIpc) is 3.26. The number of nitrogens with two attached hydrogens (primary N) is 1. The van der Waals surface area contributed by atoms with E-state index in [4.69, 9.17) is 38.4 Å². The topological polar surface area (TPSA) is 267 Å². The molecule has 18 nitrogen and oxygen atoms in total. The zero-order valence-corrected chi connectivity index (χ0v) is 33.5. The predicted molar refractivity (Wildman–Crippen MR) is 212 cm³/mol. The van der Waals surface area contributed by atoms with Crippen LogP contribution in [0.15, 0.2) is 42.5 Å². The fourth-order valence-electron chi connectivity index (χ4n) is 6.92. The van der Waals surface area contributed by atoms with Gasteiger partial charge in [-0.1, -0.05) is 24.3 Å². The van der Waals surface area contributed by atoms with Gasteiger partial charge < -0.3 is 64.7 Å². The Kier molecular flexibility index (Phi) is 18.3. The molecule has 9 N–H and O–H groups in total. The zero-order chi connectivity index (χ0) is 43.1. The molecule has 1 aliphatic carbocycles. The highest BCUT2D eigenvalue weighted by atomic mass is 16.7. The molecule has 3 aliphatic rings. The first-order chi connectivity index (χ1) is 28.6. The van der Waals surface area contributed by atoms with Crippen LogP contribution in [0.25, 0.3) is 0 Å². The number of benzene rings is 3. The van der Waals surface area contributed by atoms with Gasteiger partial charge in [0.1, 0.15) is 42.2 Å². The fraction of sp³-hybridized carbons (Fsp3) is 0.463. The van der Waals surface area contributed by atoms with E-state index < -0.39 is 58.8 Å². The van der Waals surface area contributed by atoms with Gasteiger partial charge in [0.2, 0.25) is 5.78 Å². The van der Waals surface area contributed by atoms with Gasteiger partial charge in [0, 0.05) is 62.5 Å². The van der Waals surface area contributed by atoms with Crippen molar-refractivity contribution < 1.29 is 68.1 Å². The summed E-state index contributed by atoms with van der Waals surface area (Å²) in [5.41, 5.74) is 8.05. The summed E-state index contributed by atoms with van der Waals surface area (Å²) in [7, 11) is 4.15. The third-order valence-corrected chi connectivity index (χ3v) is 9.74. The summed E-state index contributed by atoms with van der Waals surface area (Å²) in [4.78, 5) is 54.6. The molecule has 0 saturated carbocycles. The van der Waals surface area contributed by atoms with Crippen LogP contribution in [0.3, 0.4) is 0 Å². The number of hydrogen-bond acceptors (Lipinski definition) is 18. The number of aliphatic hydroxyl groups excluding tert-OH is 2. The summed E-state index contributed by atoms with van der Waals surface area (Å²) in [6.45, 7) is 3.46. The number of phenols is 2. The number of aromatic hydroxyl groups is 2. The largest absolute Gasteiger partial charge is 0.507 e. The summed E-state index contributed by atoms with van der Waals surface area (Å²) < 4.78 is 29.6. The molecule has 0 spiro atoms. The second kappa shape index (κ2) is 23.1. The molecule has 2 aliphatic heterocycles. The van der Waals surface area contributed by atoms with E-state index in [2.05, 4.69) is 21.8 Å². The number of carbonyl (C=O) groups is 4. The number of morpholine rings is 1. The smallest absolute Gasteiger partial charge is 0.202 e. The van der Waals surface area contributed by atoms with E-state index in [0.29, 0.717) is 45.2 Å². The highest BCUT2D eigenvalue weighted by molar-refractivity contribution is 6.31. The van der Waals surface area contributed by atoms with Gasteiger partial charge >= 0.3 is 0 Å². The van der Waals surface area contributed by atoms with E-state index in [-0.39, 0.29) is 66.5 Å². The molecule has 322 valence electrons. The first-order valence-electron chi connectivity index (χ1n) is 19.0. The maximum Gasteiger partial charge on any atom is 0.202 e. The normalized spacial score (nSPS) is 20.7. The molecular formula is C41H54N4O14. The molecule has 2 saturated heterocycles. The molecule has 3 aromatic rings. The molecule has 2 heterocycles. The average molecular weight is 827 g/mol. The number of aliphatic hydroxyl groups is 2. The van der Waals surface area contributed by atoms with E-state index in [1.165, 1.54) is 19.2 Å². The van der Waals surface area contributed by atoms with Crippen LogP contribution in [0.1, 0.15) is 80.8 Å². The third-order valence-electron chi connectivity index (χ3n) is 9.74. The Bertz CT molecular complexity index is 1870. The molecular weight excluding hydrogens is 772 g/mol. The van der Waals surface area contributed by atoms with Crippen molar-refractivity contribution in [2.45, 2.75) is 76.3 Å². The van der Waals surface area contributed by atoms with Gasteiger partial charge in [-0.05, 0) is 37.1 Å². The summed E-state index contributed by atoms with van der Waals surface area (Å²) >= 11 is 0. The number of ether oxygens (including phenoxy) is 5. The molecule has 2 unspecified atom stereocenters. The third kappa shape index (κ3) is 11.5. The lowest BCUT2D eigenvalue weighted by atomic mass is 9.79. The maximum atomic E-state index is 14.1. The second-order valence-electron chi connectivity index (χ2n) is 13.4. The van der Waals surface area contributed by atoms with E-state index in [1.54, 1.807) is 6.07 Å². The number of phenolic OH excluding ortho intramolecular Hbond substituents is 2. The van der Waals surface area contributed by atoms with E-state index in [0.717, 1.165) is 18.4 Å². The Morgan fingerprint density at radius 1 is 1.02 bits per heavy atom. The minimum atomic E-state index is -1.57. The maximum absolute atomic E-state index is 14.1. The van der Waals surface area contributed by atoms with Crippen LogP contribution in [-0.2, 0) is 46.5 Å². The first-order valence-corrected chi connectivity index (χ1v) is 19.0. The summed E-state index contributed by atoms with van der Waals surface area (Å²) in [6.07, 6.45) is -3.39. The Hall–Kier alpha value is -4.86. The van der Waals surface area contributed by atoms with E-state index in [1.807, 2.05) is 38.2 Å². The van der Waals surface area contributed by atoms with E-state index >= 15 is 0 Å². The summed E-state index contributed by atoms with van der Waals surface area (Å²) in [5, 5.41) is 47.8. The predicted octanol–water partition coefficient (Wildman–Crippen LogP) is 1.76. The van der Waals surface area contributed by atoms with Crippen LogP contribution in [-0.4, -0.2) is 123 Å². The monoisotopic (exact) mass is 826 g/mol. The Morgan fingerprint density at radius 2 is 1.73 bits per heavy atom. The minimum absolute atomic E-state index is 0.00925. The van der Waals surface area contributed by atoms with Crippen molar-refractivity contribution in [1.82, 2.24) is 10.8 Å². The Balaban J connectivity index is 0.00000121. The minimum Gasteiger partial charge on any atom is -0.507 e. The fourth-order valence-corrected chi connectivity index (χ4v) is 6.92. The Labute approximate surface area is 341 Å². The van der Waals surface area contributed by atoms with Crippen molar-refractivity contribution in [3.05, 3.63) is 81.4 Å². The van der Waals surface area contributed by atoms with Gasteiger partial charge in [0.25, 0.3) is 0 Å². The number of fused-ring (bicyclic) bond motifs is 2. The van der Waals surface area contributed by atoms with Crippen LogP contribution in [0, 0.1) is 0 Å². The zero-order valence-electron chi connectivity index (χ0n) is 33.5. The van der Waals surface area contributed by atoms with Gasteiger partial charge in [-0.3, -0.25) is 19.7 Å². The van der Waals surface area contributed by atoms with Gasteiger partial charge in [0.05, 0.1) is 68.5 Å². The number of rotatable bonds is 16. The summed E-state index contributed by atoms with van der Waals surface area (Å²) in [6, 6.07) is 12.0. The van der Waals surface area contributed by atoms with Crippen LogP contribution >= 0.6 is 0 Å². The number of ketones is 2. The van der Waals surface area contributed by atoms with Crippen molar-refractivity contribution in [2.75, 3.05) is 52.9 Å². The lowest BCUT2D eigenvalue weighted by Crippen LogP contribution is -2.49. The summed E-state index contributed by atoms with van der Waals surface area (Å²) in [5.74, 6) is -2.63. The molecule has 6 atom stereocenters. The first kappa shape index (κ1) is 46.8.